The van der Waals surface area contributed by atoms with Crippen LogP contribution in [0.4, 0.5) is 0 Å². The number of nitrogens with zero attached hydrogens (tertiary/aromatic N) is 4. The number of pyridine rings is 1. The third-order valence-electron chi connectivity index (χ3n) is 4.46. The fourth-order valence-corrected chi connectivity index (χ4v) is 3.07. The second-order valence-electron chi connectivity index (χ2n) is 6.21. The van der Waals surface area contributed by atoms with Crippen LogP contribution in [0.2, 0.25) is 0 Å². The molecule has 9 nitrogen and oxygen atoms in total. The largest absolute Gasteiger partial charge is 0.365 e. The molecule has 1 aliphatic heterocycles. The molecule has 0 bridgehead atoms. The van der Waals surface area contributed by atoms with E-state index in [1.807, 2.05) is 30.3 Å². The maximum absolute atomic E-state index is 12.8. The minimum Gasteiger partial charge on any atom is -0.365 e. The molecule has 0 atom stereocenters. The van der Waals surface area contributed by atoms with Gasteiger partial charge in [-0.25, -0.2) is 0 Å². The Balaban J connectivity index is 1.58. The lowest BCUT2D eigenvalue weighted by molar-refractivity contribution is 0.0727. The van der Waals surface area contributed by atoms with Gasteiger partial charge in [0.25, 0.3) is 17.4 Å². The minimum atomic E-state index is -0.798. The highest BCUT2D eigenvalue weighted by Crippen LogP contribution is 2.18. The number of nitrogens with two attached hydrogens (primary N) is 1. The van der Waals surface area contributed by atoms with Crippen molar-refractivity contribution in [2.24, 2.45) is 5.73 Å². The van der Waals surface area contributed by atoms with Crippen LogP contribution >= 0.6 is 0 Å². The van der Waals surface area contributed by atoms with E-state index in [1.54, 1.807) is 4.90 Å². The number of primary amides is 1. The Morgan fingerprint density at radius 2 is 1.96 bits per heavy atom. The maximum atomic E-state index is 12.8. The van der Waals surface area contributed by atoms with Crippen LogP contribution < -0.4 is 11.3 Å². The fourth-order valence-electron chi connectivity index (χ4n) is 3.07. The van der Waals surface area contributed by atoms with Crippen LogP contribution in [0, 0.1) is 0 Å². The summed E-state index contributed by atoms with van der Waals surface area (Å²) < 4.78 is 0. The molecule has 0 fully saturated rings. The lowest BCUT2D eigenvalue weighted by Crippen LogP contribution is -2.38. The van der Waals surface area contributed by atoms with Gasteiger partial charge in [0.15, 0.2) is 5.69 Å². The van der Waals surface area contributed by atoms with Crippen molar-refractivity contribution in [2.45, 2.75) is 13.0 Å². The number of hydrogen-bond donors (Lipinski definition) is 2. The number of aromatic nitrogens is 4. The first-order chi connectivity index (χ1) is 13.0. The van der Waals surface area contributed by atoms with Crippen molar-refractivity contribution in [2.75, 3.05) is 6.54 Å². The molecule has 4 rings (SSSR count). The topological polar surface area (TPSA) is 127 Å². The Bertz CT molecular complexity index is 1090. The molecule has 136 valence electrons. The predicted octanol–water partition coefficient (Wildman–Crippen LogP) is 0.253. The summed E-state index contributed by atoms with van der Waals surface area (Å²) in [6.45, 7) is 0.680. The summed E-state index contributed by atoms with van der Waals surface area (Å²) in [4.78, 5) is 41.7. The third kappa shape index (κ3) is 3.10. The van der Waals surface area contributed by atoms with E-state index in [0.29, 0.717) is 24.2 Å². The van der Waals surface area contributed by atoms with E-state index >= 15 is 0 Å². The quantitative estimate of drug-likeness (QED) is 0.689. The van der Waals surface area contributed by atoms with E-state index in [1.165, 1.54) is 17.1 Å². The van der Waals surface area contributed by atoms with Crippen LogP contribution in [-0.2, 0) is 13.0 Å². The number of nitrogens with one attached hydrogen (secondary N) is 1. The van der Waals surface area contributed by atoms with Crippen LogP contribution in [-0.4, -0.2) is 43.2 Å². The fraction of sp³-hybridized carbons (Fsp3) is 0.167. The van der Waals surface area contributed by atoms with E-state index in [0.717, 1.165) is 5.69 Å². The van der Waals surface area contributed by atoms with Gasteiger partial charge in [-0.05, 0) is 23.8 Å². The molecule has 0 aliphatic carbocycles. The van der Waals surface area contributed by atoms with Gasteiger partial charge in [-0.3, -0.25) is 14.4 Å². The Morgan fingerprint density at radius 1 is 1.19 bits per heavy atom. The highest BCUT2D eigenvalue weighted by atomic mass is 16.2. The van der Waals surface area contributed by atoms with Gasteiger partial charge in [-0.2, -0.15) is 9.90 Å². The molecule has 3 aromatic rings. The number of hydrogen-bond acceptors (Lipinski definition) is 5. The zero-order valence-electron chi connectivity index (χ0n) is 14.3. The van der Waals surface area contributed by atoms with Gasteiger partial charge >= 0.3 is 0 Å². The van der Waals surface area contributed by atoms with Gasteiger partial charge in [0.2, 0.25) is 0 Å². The number of amides is 2. The lowest BCUT2D eigenvalue weighted by Gasteiger charge is -2.28. The van der Waals surface area contributed by atoms with Gasteiger partial charge in [-0.1, -0.05) is 18.2 Å². The lowest BCUT2D eigenvalue weighted by atomic mass is 10.0. The summed E-state index contributed by atoms with van der Waals surface area (Å²) in [5, 5.41) is 8.40. The van der Waals surface area contributed by atoms with Crippen LogP contribution in [0.25, 0.3) is 5.69 Å². The van der Waals surface area contributed by atoms with Crippen LogP contribution in [0.1, 0.15) is 32.1 Å². The summed E-state index contributed by atoms with van der Waals surface area (Å²) in [7, 11) is 0. The molecule has 0 unspecified atom stereocenters. The van der Waals surface area contributed by atoms with E-state index in [9.17, 15) is 14.4 Å². The summed E-state index contributed by atoms with van der Waals surface area (Å²) in [6, 6.07) is 10.7. The molecular weight excluding hydrogens is 348 g/mol. The van der Waals surface area contributed by atoms with Gasteiger partial charge in [0, 0.05) is 25.2 Å². The van der Waals surface area contributed by atoms with E-state index < -0.39 is 11.5 Å². The second-order valence-corrected chi connectivity index (χ2v) is 6.21. The Hall–Kier alpha value is -3.75. The number of benzene rings is 1. The van der Waals surface area contributed by atoms with Crippen molar-refractivity contribution >= 4 is 11.8 Å². The smallest absolute Gasteiger partial charge is 0.276 e. The van der Waals surface area contributed by atoms with Crippen molar-refractivity contribution in [1.29, 1.82) is 0 Å². The molecule has 2 aromatic heterocycles. The average molecular weight is 364 g/mol. The maximum Gasteiger partial charge on any atom is 0.276 e. The molecule has 2 amide bonds. The Morgan fingerprint density at radius 3 is 2.70 bits per heavy atom. The van der Waals surface area contributed by atoms with Crippen LogP contribution in [0.3, 0.4) is 0 Å². The molecule has 27 heavy (non-hydrogen) atoms. The zero-order valence-corrected chi connectivity index (χ0v) is 14.3. The average Bonchev–Trinajstić information content (AvgIpc) is 3.17. The Labute approximate surface area is 153 Å². The van der Waals surface area contributed by atoms with Gasteiger partial charge in [0.05, 0.1) is 11.9 Å². The van der Waals surface area contributed by atoms with Gasteiger partial charge < -0.3 is 15.6 Å². The van der Waals surface area contributed by atoms with Crippen LogP contribution in [0.5, 0.6) is 0 Å². The molecule has 3 heterocycles. The third-order valence-corrected chi connectivity index (χ3v) is 4.46. The molecular formula is C18H16N6O3. The number of carbonyl (C=O) groups is 2. The number of carbonyl (C=O) groups excluding carboxylic acids is 2. The van der Waals surface area contributed by atoms with Gasteiger partial charge in [-0.15, -0.1) is 5.10 Å². The molecule has 1 aromatic carbocycles. The van der Waals surface area contributed by atoms with Crippen LogP contribution in [0.15, 0.2) is 47.4 Å². The second kappa shape index (κ2) is 6.52. The van der Waals surface area contributed by atoms with E-state index in [2.05, 4.69) is 15.2 Å². The highest BCUT2D eigenvalue weighted by Gasteiger charge is 2.25. The first-order valence-electron chi connectivity index (χ1n) is 8.35. The number of para-hydroxylation sites is 1. The van der Waals surface area contributed by atoms with Crippen molar-refractivity contribution in [3.05, 3.63) is 75.5 Å². The number of aromatic amines is 1. The number of H-pyrrole nitrogens is 1. The van der Waals surface area contributed by atoms with Crippen molar-refractivity contribution < 1.29 is 9.59 Å². The molecule has 0 spiro atoms. The normalized spacial score (nSPS) is 13.3. The standard InChI is InChI=1S/C18H16N6O3/c19-16(25)13-8-11-10-23(7-6-14(11)21-17(13)26)18(27)15-9-20-24(22-15)12-4-2-1-3-5-12/h1-5,8-9H,6-7,10H2,(H2,19,25)(H,21,26). The summed E-state index contributed by atoms with van der Waals surface area (Å²) in [6.07, 6.45) is 1.90. The summed E-state index contributed by atoms with van der Waals surface area (Å²) in [5.41, 5.74) is 6.99. The molecule has 0 saturated heterocycles. The Kier molecular flexibility index (Phi) is 4.03. The zero-order chi connectivity index (χ0) is 19.0. The van der Waals surface area contributed by atoms with Gasteiger partial charge in [0.1, 0.15) is 5.56 Å². The molecule has 3 N–H and O–H groups in total. The molecule has 9 heteroatoms. The van der Waals surface area contributed by atoms with E-state index in [-0.39, 0.29) is 23.7 Å². The predicted molar refractivity (Wildman–Crippen MR) is 95.4 cm³/mol. The van der Waals surface area contributed by atoms with Crippen molar-refractivity contribution in [1.82, 2.24) is 24.9 Å². The molecule has 0 saturated carbocycles. The number of rotatable bonds is 3. The molecule has 1 aliphatic rings. The monoisotopic (exact) mass is 364 g/mol. The molecule has 0 radical (unpaired) electrons. The first kappa shape index (κ1) is 16.7. The highest BCUT2D eigenvalue weighted by molar-refractivity contribution is 5.93. The minimum absolute atomic E-state index is 0.113. The van der Waals surface area contributed by atoms with Crippen molar-refractivity contribution in [3.63, 3.8) is 0 Å². The summed E-state index contributed by atoms with van der Waals surface area (Å²) in [5.74, 6) is -1.07. The van der Waals surface area contributed by atoms with E-state index in [4.69, 9.17) is 5.73 Å². The SMILES string of the molecule is NC(=O)c1cc2c([nH]c1=O)CCN(C(=O)c1cnn(-c3ccccc3)n1)C2. The van der Waals surface area contributed by atoms with Crippen molar-refractivity contribution in [3.8, 4) is 5.69 Å². The first-order valence-corrected chi connectivity index (χ1v) is 8.35. The number of fused-ring (bicyclic) bond motifs is 1. The summed E-state index contributed by atoms with van der Waals surface area (Å²) >= 11 is 0.